The van der Waals surface area contributed by atoms with Crippen LogP contribution in [0.4, 0.5) is 0 Å². The topological polar surface area (TPSA) is 71.5 Å². The van der Waals surface area contributed by atoms with Gasteiger partial charge in [-0.1, -0.05) is 13.8 Å². The van der Waals surface area contributed by atoms with Gasteiger partial charge in [0.2, 0.25) is 0 Å². The Bertz CT molecular complexity index is 533. The lowest BCUT2D eigenvalue weighted by Gasteiger charge is -2.05. The van der Waals surface area contributed by atoms with Crippen LogP contribution in [0.5, 0.6) is 0 Å². The van der Waals surface area contributed by atoms with Gasteiger partial charge in [0.1, 0.15) is 0 Å². The van der Waals surface area contributed by atoms with Crippen molar-refractivity contribution in [1.29, 1.82) is 0 Å². The van der Waals surface area contributed by atoms with Gasteiger partial charge in [0.25, 0.3) is 5.56 Å². The summed E-state index contributed by atoms with van der Waals surface area (Å²) in [5.41, 5.74) is 0.562. The fourth-order valence-electron chi connectivity index (χ4n) is 1.30. The quantitative estimate of drug-likeness (QED) is 0.822. The first-order chi connectivity index (χ1) is 7.66. The summed E-state index contributed by atoms with van der Waals surface area (Å²) in [4.78, 5) is 26.5. The van der Waals surface area contributed by atoms with E-state index >= 15 is 0 Å². The van der Waals surface area contributed by atoms with E-state index < -0.39 is 0 Å². The smallest absolute Gasteiger partial charge is 0.251 e. The van der Waals surface area contributed by atoms with E-state index in [9.17, 15) is 4.79 Å². The molecule has 0 amide bonds. The Hall–Kier alpha value is -2.04. The zero-order valence-electron chi connectivity index (χ0n) is 9.14. The fraction of sp³-hybridized carbons (Fsp3) is 0.273. The molecule has 0 aliphatic carbocycles. The molecular formula is C11H12N4O. The summed E-state index contributed by atoms with van der Waals surface area (Å²) in [6.07, 6.45) is 3.23. The van der Waals surface area contributed by atoms with E-state index in [1.807, 2.05) is 13.8 Å². The van der Waals surface area contributed by atoms with E-state index in [4.69, 9.17) is 0 Å². The van der Waals surface area contributed by atoms with Crippen LogP contribution in [-0.4, -0.2) is 19.9 Å². The van der Waals surface area contributed by atoms with E-state index in [1.165, 1.54) is 6.07 Å². The second-order valence-electron chi connectivity index (χ2n) is 3.75. The number of rotatable bonds is 2. The molecule has 0 unspecified atom stereocenters. The molecule has 0 saturated heterocycles. The molecule has 82 valence electrons. The zero-order chi connectivity index (χ0) is 11.5. The van der Waals surface area contributed by atoms with E-state index in [1.54, 1.807) is 18.5 Å². The van der Waals surface area contributed by atoms with Crippen LogP contribution >= 0.6 is 0 Å². The second-order valence-corrected chi connectivity index (χ2v) is 3.75. The van der Waals surface area contributed by atoms with Crippen molar-refractivity contribution in [2.45, 2.75) is 19.8 Å². The standard InChI is InChI=1S/C11H12N4O/c1-7(2)8-6-9(16)15-11(14-8)10-12-4-3-5-13-10/h3-7H,1-2H3,(H,14,15,16). The predicted molar refractivity (Wildman–Crippen MR) is 60.0 cm³/mol. The largest absolute Gasteiger partial charge is 0.304 e. The predicted octanol–water partition coefficient (Wildman–Crippen LogP) is 1.35. The van der Waals surface area contributed by atoms with Crippen LogP contribution < -0.4 is 5.56 Å². The molecule has 0 atom stereocenters. The maximum atomic E-state index is 11.4. The van der Waals surface area contributed by atoms with Crippen molar-refractivity contribution in [3.05, 3.63) is 40.6 Å². The molecule has 1 N–H and O–H groups in total. The molecule has 0 fully saturated rings. The van der Waals surface area contributed by atoms with Gasteiger partial charge in [-0.25, -0.2) is 15.0 Å². The first-order valence-corrected chi connectivity index (χ1v) is 5.05. The fourth-order valence-corrected chi connectivity index (χ4v) is 1.30. The van der Waals surface area contributed by atoms with Crippen molar-refractivity contribution in [3.8, 4) is 11.6 Å². The van der Waals surface area contributed by atoms with Gasteiger partial charge in [-0.3, -0.25) is 4.79 Å². The van der Waals surface area contributed by atoms with Crippen LogP contribution in [0.2, 0.25) is 0 Å². The van der Waals surface area contributed by atoms with Crippen LogP contribution in [0.1, 0.15) is 25.5 Å². The number of aromatic amines is 1. The van der Waals surface area contributed by atoms with Crippen molar-refractivity contribution < 1.29 is 0 Å². The maximum Gasteiger partial charge on any atom is 0.251 e. The highest BCUT2D eigenvalue weighted by molar-refractivity contribution is 5.41. The Labute approximate surface area is 92.6 Å². The van der Waals surface area contributed by atoms with Gasteiger partial charge in [-0.05, 0) is 12.0 Å². The van der Waals surface area contributed by atoms with Gasteiger partial charge in [0.15, 0.2) is 11.6 Å². The number of hydrogen-bond donors (Lipinski definition) is 1. The number of nitrogens with zero attached hydrogens (tertiary/aromatic N) is 3. The highest BCUT2D eigenvalue weighted by Gasteiger charge is 2.08. The molecule has 0 radical (unpaired) electrons. The van der Waals surface area contributed by atoms with Crippen molar-refractivity contribution in [2.24, 2.45) is 0 Å². The summed E-state index contributed by atoms with van der Waals surface area (Å²) in [5, 5.41) is 0. The molecule has 0 spiro atoms. The van der Waals surface area contributed by atoms with Crippen molar-refractivity contribution in [3.63, 3.8) is 0 Å². The van der Waals surface area contributed by atoms with Gasteiger partial charge in [-0.15, -0.1) is 0 Å². The summed E-state index contributed by atoms with van der Waals surface area (Å²) in [7, 11) is 0. The molecule has 2 aromatic rings. The highest BCUT2D eigenvalue weighted by atomic mass is 16.1. The molecule has 0 bridgehead atoms. The lowest BCUT2D eigenvalue weighted by Crippen LogP contribution is -2.12. The monoisotopic (exact) mass is 216 g/mol. The van der Waals surface area contributed by atoms with E-state index in [0.717, 1.165) is 5.69 Å². The Morgan fingerprint density at radius 2 is 1.94 bits per heavy atom. The molecule has 2 heterocycles. The minimum Gasteiger partial charge on any atom is -0.304 e. The summed E-state index contributed by atoms with van der Waals surface area (Å²) < 4.78 is 0. The SMILES string of the molecule is CC(C)c1cc(=O)[nH]c(-c2ncccn2)n1. The number of H-pyrrole nitrogens is 1. The molecule has 5 nitrogen and oxygen atoms in total. The van der Waals surface area contributed by atoms with Gasteiger partial charge < -0.3 is 4.98 Å². The molecule has 2 rings (SSSR count). The van der Waals surface area contributed by atoms with E-state index in [0.29, 0.717) is 11.6 Å². The van der Waals surface area contributed by atoms with Gasteiger partial charge in [0.05, 0.1) is 5.69 Å². The van der Waals surface area contributed by atoms with Gasteiger partial charge >= 0.3 is 0 Å². The van der Waals surface area contributed by atoms with E-state index in [-0.39, 0.29) is 11.5 Å². The van der Waals surface area contributed by atoms with Gasteiger partial charge in [0, 0.05) is 18.5 Å². The molecule has 16 heavy (non-hydrogen) atoms. The number of aromatic nitrogens is 4. The Morgan fingerprint density at radius 3 is 2.56 bits per heavy atom. The molecule has 2 aromatic heterocycles. The number of hydrogen-bond acceptors (Lipinski definition) is 4. The maximum absolute atomic E-state index is 11.4. The first-order valence-electron chi connectivity index (χ1n) is 5.05. The average Bonchev–Trinajstić information content (AvgIpc) is 2.29. The summed E-state index contributed by atoms with van der Waals surface area (Å²) in [6.45, 7) is 3.97. The van der Waals surface area contributed by atoms with E-state index in [2.05, 4.69) is 19.9 Å². The summed E-state index contributed by atoms with van der Waals surface area (Å²) in [5.74, 6) is 1.05. The second kappa shape index (κ2) is 4.22. The van der Waals surface area contributed by atoms with Crippen molar-refractivity contribution in [2.75, 3.05) is 0 Å². The minimum absolute atomic E-state index is 0.179. The lowest BCUT2D eigenvalue weighted by molar-refractivity contribution is 0.809. The molecule has 0 aliphatic rings. The molecule has 0 aromatic carbocycles. The molecule has 0 aliphatic heterocycles. The Morgan fingerprint density at radius 1 is 1.25 bits per heavy atom. The summed E-state index contributed by atoms with van der Waals surface area (Å²) >= 11 is 0. The third-order valence-electron chi connectivity index (χ3n) is 2.13. The van der Waals surface area contributed by atoms with Crippen LogP contribution in [0, 0.1) is 0 Å². The van der Waals surface area contributed by atoms with Crippen LogP contribution in [0.3, 0.4) is 0 Å². The minimum atomic E-state index is -0.179. The van der Waals surface area contributed by atoms with Crippen LogP contribution in [-0.2, 0) is 0 Å². The Balaban J connectivity index is 2.54. The molecule has 0 saturated carbocycles. The number of nitrogens with one attached hydrogen (secondary N) is 1. The van der Waals surface area contributed by atoms with Crippen LogP contribution in [0.15, 0.2) is 29.3 Å². The first kappa shape index (κ1) is 10.5. The van der Waals surface area contributed by atoms with Crippen molar-refractivity contribution in [1.82, 2.24) is 19.9 Å². The lowest BCUT2D eigenvalue weighted by atomic mass is 10.1. The highest BCUT2D eigenvalue weighted by Crippen LogP contribution is 2.12. The molecule has 5 heteroatoms. The van der Waals surface area contributed by atoms with Crippen LogP contribution in [0.25, 0.3) is 11.6 Å². The third-order valence-corrected chi connectivity index (χ3v) is 2.13. The third kappa shape index (κ3) is 2.13. The normalized spacial score (nSPS) is 10.7. The van der Waals surface area contributed by atoms with Gasteiger partial charge in [-0.2, -0.15) is 0 Å². The summed E-state index contributed by atoms with van der Waals surface area (Å²) in [6, 6.07) is 3.21. The Kier molecular flexibility index (Phi) is 2.76. The van der Waals surface area contributed by atoms with Crippen molar-refractivity contribution >= 4 is 0 Å². The molecular weight excluding hydrogens is 204 g/mol. The zero-order valence-corrected chi connectivity index (χ0v) is 9.14. The average molecular weight is 216 g/mol.